The van der Waals surface area contributed by atoms with Gasteiger partial charge in [0.2, 0.25) is 0 Å². The number of esters is 1. The van der Waals surface area contributed by atoms with E-state index >= 15 is 0 Å². The van der Waals surface area contributed by atoms with Crippen molar-refractivity contribution in [3.05, 3.63) is 52.8 Å². The number of anilines is 1. The summed E-state index contributed by atoms with van der Waals surface area (Å²) in [4.78, 5) is 25.0. The van der Waals surface area contributed by atoms with Gasteiger partial charge in [0, 0.05) is 10.9 Å². The Morgan fingerprint density at radius 3 is 2.43 bits per heavy atom. The third-order valence-corrected chi connectivity index (χ3v) is 5.10. The number of thiophene rings is 1. The zero-order valence-corrected chi connectivity index (χ0v) is 16.6. The van der Waals surface area contributed by atoms with E-state index in [1.54, 1.807) is 37.6 Å². The number of aryl methyl sites for hydroxylation is 1. The normalized spacial score (nSPS) is 10.4. The standard InChI is InChI=1S/C20H19NO6S/c1-11-13(7-8-27-11)18(22)21-19-17(20(23)26-4)14(10-28-19)12-5-6-15(24-2)16(9-12)25-3/h5-10H,1-4H3,(H,21,22). The molecular weight excluding hydrogens is 382 g/mol. The summed E-state index contributed by atoms with van der Waals surface area (Å²) in [5, 5.41) is 4.95. The first-order valence-corrected chi connectivity index (χ1v) is 9.15. The van der Waals surface area contributed by atoms with Gasteiger partial charge in [-0.25, -0.2) is 4.79 Å². The minimum Gasteiger partial charge on any atom is -0.493 e. The van der Waals surface area contributed by atoms with Crippen molar-refractivity contribution in [2.45, 2.75) is 6.92 Å². The van der Waals surface area contributed by atoms with Gasteiger partial charge in [-0.05, 0) is 30.7 Å². The van der Waals surface area contributed by atoms with Gasteiger partial charge in [0.15, 0.2) is 11.5 Å². The zero-order chi connectivity index (χ0) is 20.3. The number of furan rings is 1. The summed E-state index contributed by atoms with van der Waals surface area (Å²) in [6.45, 7) is 1.69. The molecule has 1 amide bonds. The molecule has 0 saturated carbocycles. The van der Waals surface area contributed by atoms with Crippen LogP contribution < -0.4 is 14.8 Å². The molecule has 0 aliphatic carbocycles. The van der Waals surface area contributed by atoms with Crippen LogP contribution in [0.4, 0.5) is 5.00 Å². The van der Waals surface area contributed by atoms with Crippen LogP contribution in [0.1, 0.15) is 26.5 Å². The van der Waals surface area contributed by atoms with E-state index in [4.69, 9.17) is 18.6 Å². The van der Waals surface area contributed by atoms with E-state index in [0.29, 0.717) is 33.4 Å². The van der Waals surface area contributed by atoms with Gasteiger partial charge >= 0.3 is 5.97 Å². The lowest BCUT2D eigenvalue weighted by Crippen LogP contribution is -2.14. The maximum atomic E-state index is 12.5. The highest BCUT2D eigenvalue weighted by molar-refractivity contribution is 7.15. The van der Waals surface area contributed by atoms with Crippen LogP contribution in [0.2, 0.25) is 0 Å². The van der Waals surface area contributed by atoms with Gasteiger partial charge in [0.25, 0.3) is 5.91 Å². The van der Waals surface area contributed by atoms with Gasteiger partial charge in [-0.3, -0.25) is 4.79 Å². The summed E-state index contributed by atoms with van der Waals surface area (Å²) in [5.41, 5.74) is 2.03. The molecule has 2 heterocycles. The predicted octanol–water partition coefficient (Wildman–Crippen LogP) is 4.37. The van der Waals surface area contributed by atoms with Gasteiger partial charge < -0.3 is 23.9 Å². The second kappa shape index (κ2) is 8.18. The molecule has 0 spiro atoms. The number of nitrogens with one attached hydrogen (secondary N) is 1. The molecule has 0 radical (unpaired) electrons. The molecule has 0 fully saturated rings. The predicted molar refractivity (Wildman–Crippen MR) is 106 cm³/mol. The Morgan fingerprint density at radius 1 is 1.07 bits per heavy atom. The van der Waals surface area contributed by atoms with E-state index in [0.717, 1.165) is 5.56 Å². The number of benzene rings is 1. The minimum absolute atomic E-state index is 0.272. The fourth-order valence-electron chi connectivity index (χ4n) is 2.76. The van der Waals surface area contributed by atoms with Gasteiger partial charge in [0.1, 0.15) is 16.3 Å². The summed E-state index contributed by atoms with van der Waals surface area (Å²) in [6.07, 6.45) is 1.44. The van der Waals surface area contributed by atoms with Gasteiger partial charge in [-0.1, -0.05) is 6.07 Å². The van der Waals surface area contributed by atoms with Crippen LogP contribution in [-0.4, -0.2) is 33.2 Å². The number of amides is 1. The van der Waals surface area contributed by atoms with Crippen LogP contribution >= 0.6 is 11.3 Å². The van der Waals surface area contributed by atoms with E-state index in [1.807, 2.05) is 6.07 Å². The second-order valence-corrected chi connectivity index (χ2v) is 6.64. The molecule has 1 N–H and O–H groups in total. The first kappa shape index (κ1) is 19.5. The van der Waals surface area contributed by atoms with Crippen molar-refractivity contribution in [3.8, 4) is 22.6 Å². The van der Waals surface area contributed by atoms with Gasteiger partial charge in [-0.2, -0.15) is 0 Å². The molecule has 0 atom stereocenters. The van der Waals surface area contributed by atoms with Crippen molar-refractivity contribution in [3.63, 3.8) is 0 Å². The van der Waals surface area contributed by atoms with Crippen LogP contribution in [0.15, 0.2) is 40.3 Å². The van der Waals surface area contributed by atoms with Crippen molar-refractivity contribution in [2.24, 2.45) is 0 Å². The number of rotatable bonds is 6. The van der Waals surface area contributed by atoms with Crippen LogP contribution in [-0.2, 0) is 4.74 Å². The summed E-state index contributed by atoms with van der Waals surface area (Å²) in [6, 6.07) is 6.89. The molecule has 0 aliphatic heterocycles. The van der Waals surface area contributed by atoms with Crippen LogP contribution in [0.25, 0.3) is 11.1 Å². The van der Waals surface area contributed by atoms with Crippen molar-refractivity contribution in [1.29, 1.82) is 0 Å². The van der Waals surface area contributed by atoms with E-state index in [2.05, 4.69) is 5.32 Å². The first-order chi connectivity index (χ1) is 13.5. The molecule has 3 aromatic rings. The largest absolute Gasteiger partial charge is 0.493 e. The Morgan fingerprint density at radius 2 is 1.82 bits per heavy atom. The minimum atomic E-state index is -0.551. The Kier molecular flexibility index (Phi) is 5.70. The number of carbonyl (C=O) groups is 2. The lowest BCUT2D eigenvalue weighted by Gasteiger charge is -2.11. The van der Waals surface area contributed by atoms with Crippen molar-refractivity contribution in [1.82, 2.24) is 0 Å². The molecule has 2 aromatic heterocycles. The van der Waals surface area contributed by atoms with Crippen molar-refractivity contribution >= 4 is 28.2 Å². The fraction of sp³-hybridized carbons (Fsp3) is 0.200. The molecule has 0 bridgehead atoms. The molecular formula is C20H19NO6S. The van der Waals surface area contributed by atoms with E-state index < -0.39 is 5.97 Å². The number of carbonyl (C=O) groups excluding carboxylic acids is 2. The Labute approximate surface area is 165 Å². The summed E-state index contributed by atoms with van der Waals surface area (Å²) in [5.74, 6) is 0.683. The van der Waals surface area contributed by atoms with E-state index in [-0.39, 0.29) is 11.5 Å². The maximum Gasteiger partial charge on any atom is 0.341 e. The molecule has 28 heavy (non-hydrogen) atoms. The third-order valence-electron chi connectivity index (χ3n) is 4.21. The second-order valence-electron chi connectivity index (χ2n) is 5.76. The average Bonchev–Trinajstić information content (AvgIpc) is 3.32. The SMILES string of the molecule is COC(=O)c1c(-c2ccc(OC)c(OC)c2)csc1NC(=O)c1ccoc1C. The van der Waals surface area contributed by atoms with Crippen molar-refractivity contribution < 1.29 is 28.2 Å². The number of methoxy groups -OCH3 is 3. The molecule has 0 saturated heterocycles. The third kappa shape index (κ3) is 3.59. The Bertz CT molecular complexity index is 1020. The zero-order valence-electron chi connectivity index (χ0n) is 15.8. The molecule has 0 unspecified atom stereocenters. The topological polar surface area (TPSA) is 87.0 Å². The lowest BCUT2D eigenvalue weighted by molar-refractivity contribution is 0.0603. The van der Waals surface area contributed by atoms with Gasteiger partial charge in [-0.15, -0.1) is 11.3 Å². The highest BCUT2D eigenvalue weighted by Gasteiger charge is 2.24. The van der Waals surface area contributed by atoms with Crippen LogP contribution in [0.5, 0.6) is 11.5 Å². The molecule has 3 rings (SSSR count). The van der Waals surface area contributed by atoms with Crippen LogP contribution in [0, 0.1) is 6.92 Å². The van der Waals surface area contributed by atoms with Crippen LogP contribution in [0.3, 0.4) is 0 Å². The molecule has 0 aliphatic rings. The van der Waals surface area contributed by atoms with E-state index in [1.165, 1.54) is 31.8 Å². The van der Waals surface area contributed by atoms with Crippen molar-refractivity contribution in [2.75, 3.05) is 26.6 Å². The maximum absolute atomic E-state index is 12.5. The first-order valence-electron chi connectivity index (χ1n) is 8.27. The summed E-state index contributed by atoms with van der Waals surface area (Å²) < 4.78 is 20.7. The number of hydrogen-bond donors (Lipinski definition) is 1. The quantitative estimate of drug-likeness (QED) is 0.617. The smallest absolute Gasteiger partial charge is 0.341 e. The molecule has 1 aromatic carbocycles. The monoisotopic (exact) mass is 401 g/mol. The highest BCUT2D eigenvalue weighted by Crippen LogP contribution is 2.39. The summed E-state index contributed by atoms with van der Waals surface area (Å²) >= 11 is 1.23. The molecule has 146 valence electrons. The summed E-state index contributed by atoms with van der Waals surface area (Å²) in [7, 11) is 4.38. The number of ether oxygens (including phenoxy) is 3. The molecule has 7 nitrogen and oxygen atoms in total. The Hall–Kier alpha value is -3.26. The van der Waals surface area contributed by atoms with E-state index in [9.17, 15) is 9.59 Å². The van der Waals surface area contributed by atoms with Gasteiger partial charge in [0.05, 0.1) is 33.2 Å². The highest BCUT2D eigenvalue weighted by atomic mass is 32.1. The Balaban J connectivity index is 2.03. The molecule has 8 heteroatoms. The average molecular weight is 401 g/mol. The fourth-order valence-corrected chi connectivity index (χ4v) is 3.71. The number of hydrogen-bond acceptors (Lipinski definition) is 7. The lowest BCUT2D eigenvalue weighted by atomic mass is 10.0.